The van der Waals surface area contributed by atoms with Gasteiger partial charge in [0.1, 0.15) is 5.82 Å². The van der Waals surface area contributed by atoms with Gasteiger partial charge in [-0.25, -0.2) is 17.1 Å². The lowest BCUT2D eigenvalue weighted by Gasteiger charge is -2.38. The number of hydrogen-bond donors (Lipinski definition) is 0. The summed E-state index contributed by atoms with van der Waals surface area (Å²) in [6, 6.07) is 8.43. The molecule has 27 heavy (non-hydrogen) atoms. The molecule has 1 aromatic carbocycles. The molecule has 2 bridgehead atoms. The van der Waals surface area contributed by atoms with Crippen molar-refractivity contribution in [3.63, 3.8) is 0 Å². The van der Waals surface area contributed by atoms with Gasteiger partial charge < -0.3 is 0 Å². The van der Waals surface area contributed by atoms with Crippen LogP contribution in [0.15, 0.2) is 30.3 Å². The lowest BCUT2D eigenvalue weighted by molar-refractivity contribution is 0.227. The van der Waals surface area contributed by atoms with E-state index in [1.54, 1.807) is 32.3 Å². The molecule has 7 heteroatoms. The van der Waals surface area contributed by atoms with Gasteiger partial charge in [0.2, 0.25) is 10.0 Å². The second-order valence-electron chi connectivity index (χ2n) is 8.45. The largest absolute Gasteiger partial charge is 0.214 e. The minimum atomic E-state index is -3.40. The molecule has 2 aliphatic rings. The fourth-order valence-electron chi connectivity index (χ4n) is 4.99. The van der Waals surface area contributed by atoms with Crippen molar-refractivity contribution in [3.05, 3.63) is 47.4 Å². The van der Waals surface area contributed by atoms with Crippen LogP contribution in [0, 0.1) is 11.2 Å². The number of benzene rings is 1. The third-order valence-electron chi connectivity index (χ3n) is 6.75. The molecule has 2 aromatic rings. The lowest BCUT2D eigenvalue weighted by atomic mass is 9.70. The van der Waals surface area contributed by atoms with Crippen LogP contribution in [0.4, 0.5) is 4.39 Å². The summed E-state index contributed by atoms with van der Waals surface area (Å²) >= 11 is 0. The normalized spacial score (nSPS) is 25.8. The summed E-state index contributed by atoms with van der Waals surface area (Å²) in [7, 11) is -0.275. The van der Waals surface area contributed by atoms with Crippen LogP contribution in [0.2, 0.25) is 0 Å². The van der Waals surface area contributed by atoms with Crippen LogP contribution in [0.25, 0.3) is 11.3 Å². The highest BCUT2D eigenvalue weighted by molar-refractivity contribution is 7.89. The van der Waals surface area contributed by atoms with E-state index in [4.69, 9.17) is 0 Å². The highest BCUT2D eigenvalue weighted by Gasteiger charge is 2.64. The molecule has 1 aromatic heterocycles. The van der Waals surface area contributed by atoms with E-state index in [0.29, 0.717) is 11.3 Å². The van der Waals surface area contributed by atoms with E-state index < -0.39 is 15.4 Å². The highest BCUT2D eigenvalue weighted by atomic mass is 32.2. The summed E-state index contributed by atoms with van der Waals surface area (Å²) in [4.78, 5) is 0. The Morgan fingerprint density at radius 1 is 1.22 bits per heavy atom. The first-order valence-corrected chi connectivity index (χ1v) is 10.7. The Morgan fingerprint density at radius 2 is 1.93 bits per heavy atom. The molecule has 1 heterocycles. The third kappa shape index (κ3) is 2.48. The van der Waals surface area contributed by atoms with Crippen molar-refractivity contribution in [2.75, 3.05) is 19.8 Å². The van der Waals surface area contributed by atoms with Crippen molar-refractivity contribution < 1.29 is 12.8 Å². The molecular weight excluding hydrogens is 365 g/mol. The minimum Gasteiger partial charge on any atom is -0.212 e. The molecule has 0 aliphatic heterocycles. The zero-order chi connectivity index (χ0) is 19.6. The van der Waals surface area contributed by atoms with Gasteiger partial charge in [-0.3, -0.25) is 0 Å². The van der Waals surface area contributed by atoms with Gasteiger partial charge in [-0.05, 0) is 47.9 Å². The van der Waals surface area contributed by atoms with E-state index in [-0.39, 0.29) is 22.9 Å². The molecule has 5 nitrogen and oxygen atoms in total. The van der Waals surface area contributed by atoms with Crippen LogP contribution in [-0.4, -0.2) is 42.8 Å². The van der Waals surface area contributed by atoms with Crippen LogP contribution >= 0.6 is 0 Å². The van der Waals surface area contributed by atoms with Crippen molar-refractivity contribution in [2.45, 2.75) is 38.0 Å². The predicted molar refractivity (Wildman–Crippen MR) is 102 cm³/mol. The maximum atomic E-state index is 14.2. The van der Waals surface area contributed by atoms with Gasteiger partial charge in [0.05, 0.1) is 17.1 Å². The van der Waals surface area contributed by atoms with Gasteiger partial charge in [-0.2, -0.15) is 10.2 Å². The average molecular weight is 389 g/mol. The molecule has 0 amide bonds. The SMILES string of the molecule is CN(C)S(=O)(=O)CC12CCC(c3cc(-c4ccccc4F)nnc31)C2(C)C. The van der Waals surface area contributed by atoms with Crippen molar-refractivity contribution >= 4 is 10.0 Å². The molecule has 2 aliphatic carbocycles. The van der Waals surface area contributed by atoms with E-state index in [1.165, 1.54) is 10.4 Å². The number of nitrogens with zero attached hydrogens (tertiary/aromatic N) is 3. The molecule has 0 radical (unpaired) electrons. The molecule has 1 fully saturated rings. The maximum absolute atomic E-state index is 14.2. The van der Waals surface area contributed by atoms with Gasteiger partial charge in [0, 0.05) is 25.1 Å². The van der Waals surface area contributed by atoms with Crippen LogP contribution in [0.5, 0.6) is 0 Å². The third-order valence-corrected chi connectivity index (χ3v) is 8.72. The summed E-state index contributed by atoms with van der Waals surface area (Å²) in [6.07, 6.45) is 1.68. The van der Waals surface area contributed by atoms with E-state index in [9.17, 15) is 12.8 Å². The van der Waals surface area contributed by atoms with E-state index in [1.807, 2.05) is 6.07 Å². The van der Waals surface area contributed by atoms with E-state index in [2.05, 4.69) is 24.0 Å². The Bertz CT molecular complexity index is 1020. The smallest absolute Gasteiger partial charge is 0.212 e. The zero-order valence-electron chi connectivity index (χ0n) is 16.0. The quantitative estimate of drug-likeness (QED) is 0.805. The predicted octanol–water partition coefficient (Wildman–Crippen LogP) is 3.33. The molecule has 0 N–H and O–H groups in total. The minimum absolute atomic E-state index is 0.0250. The van der Waals surface area contributed by atoms with Crippen LogP contribution in [0.3, 0.4) is 0 Å². The fraction of sp³-hybridized carbons (Fsp3) is 0.500. The van der Waals surface area contributed by atoms with E-state index in [0.717, 1.165) is 24.1 Å². The summed E-state index contributed by atoms with van der Waals surface area (Å²) in [5.41, 5.74) is 1.91. The number of aromatic nitrogens is 2. The first-order chi connectivity index (χ1) is 12.6. The Hall–Kier alpha value is -1.86. The molecular formula is C20H24FN3O2S. The standard InChI is InChI=1S/C20H24FN3O2S/c1-19(2)15-9-10-20(19,12-27(25,26)24(3)4)18-14(15)11-17(22-23-18)13-7-5-6-8-16(13)21/h5-8,11,15H,9-10,12H2,1-4H3. The lowest BCUT2D eigenvalue weighted by Crippen LogP contribution is -2.45. The van der Waals surface area contributed by atoms with Crippen molar-refractivity contribution in [2.24, 2.45) is 5.41 Å². The first-order valence-electron chi connectivity index (χ1n) is 9.13. The monoisotopic (exact) mass is 389 g/mol. The molecule has 0 spiro atoms. The van der Waals surface area contributed by atoms with Gasteiger partial charge in [0.15, 0.2) is 0 Å². The van der Waals surface area contributed by atoms with Gasteiger partial charge >= 0.3 is 0 Å². The summed E-state index contributed by atoms with van der Waals surface area (Å²) in [5.74, 6) is -0.109. The molecule has 4 rings (SSSR count). The van der Waals surface area contributed by atoms with Crippen LogP contribution < -0.4 is 0 Å². The summed E-state index contributed by atoms with van der Waals surface area (Å²) in [6.45, 7) is 4.25. The van der Waals surface area contributed by atoms with Gasteiger partial charge in [0.25, 0.3) is 0 Å². The fourth-order valence-corrected chi connectivity index (χ4v) is 6.52. The van der Waals surface area contributed by atoms with E-state index >= 15 is 0 Å². The molecule has 2 atom stereocenters. The van der Waals surface area contributed by atoms with Crippen molar-refractivity contribution in [1.29, 1.82) is 0 Å². The van der Waals surface area contributed by atoms with Crippen molar-refractivity contribution in [1.82, 2.24) is 14.5 Å². The second-order valence-corrected chi connectivity index (χ2v) is 10.6. The van der Waals surface area contributed by atoms with Crippen LogP contribution in [-0.2, 0) is 15.4 Å². The number of sulfonamides is 1. The van der Waals surface area contributed by atoms with Gasteiger partial charge in [-0.15, -0.1) is 0 Å². The Kier molecular flexibility index (Phi) is 3.99. The summed E-state index contributed by atoms with van der Waals surface area (Å²) in [5, 5.41) is 8.76. The number of halogens is 1. The Morgan fingerprint density at radius 3 is 2.59 bits per heavy atom. The zero-order valence-corrected chi connectivity index (χ0v) is 16.8. The molecule has 0 saturated heterocycles. The molecule has 1 saturated carbocycles. The molecule has 144 valence electrons. The first kappa shape index (κ1) is 18.5. The number of hydrogen-bond acceptors (Lipinski definition) is 4. The van der Waals surface area contributed by atoms with Gasteiger partial charge in [-0.1, -0.05) is 26.0 Å². The van der Waals surface area contributed by atoms with Crippen LogP contribution in [0.1, 0.15) is 43.9 Å². The van der Waals surface area contributed by atoms with Crippen molar-refractivity contribution in [3.8, 4) is 11.3 Å². The highest BCUT2D eigenvalue weighted by Crippen LogP contribution is 2.67. The molecule has 2 unspecified atom stereocenters. The maximum Gasteiger partial charge on any atom is 0.214 e. The Balaban J connectivity index is 1.86. The second kappa shape index (κ2) is 5.82. The Labute approximate surface area is 159 Å². The average Bonchev–Trinajstić information content (AvgIpc) is 2.95. The summed E-state index contributed by atoms with van der Waals surface area (Å²) < 4.78 is 40.9. The number of fused-ring (bicyclic) bond motifs is 5. The topological polar surface area (TPSA) is 63.2 Å². The number of rotatable bonds is 4.